The molecule has 0 bridgehead atoms. The number of methoxy groups -OCH3 is 3. The molecule has 6 heteroatoms. The van der Waals surface area contributed by atoms with E-state index in [0.717, 1.165) is 31.4 Å². The smallest absolute Gasteiger partial charge is 0.203 e. The van der Waals surface area contributed by atoms with Crippen LogP contribution >= 0.6 is 0 Å². The van der Waals surface area contributed by atoms with E-state index in [4.69, 9.17) is 25.0 Å². The van der Waals surface area contributed by atoms with Gasteiger partial charge in [-0.05, 0) is 67.8 Å². The van der Waals surface area contributed by atoms with E-state index in [1.165, 1.54) is 29.8 Å². The number of nitrogens with zero attached hydrogens (tertiary/aromatic N) is 2. The molecule has 0 fully saturated rings. The normalized spacial score (nSPS) is 16.1. The lowest BCUT2D eigenvalue weighted by Crippen LogP contribution is -2.16. The van der Waals surface area contributed by atoms with Crippen molar-refractivity contribution in [1.82, 2.24) is 9.78 Å². The number of fused-ring (bicyclic) bond motifs is 1. The van der Waals surface area contributed by atoms with E-state index < -0.39 is 0 Å². The van der Waals surface area contributed by atoms with Crippen molar-refractivity contribution in [1.29, 1.82) is 0 Å². The fourth-order valence-corrected chi connectivity index (χ4v) is 4.24. The maximum atomic E-state index is 5.86. The van der Waals surface area contributed by atoms with Crippen LogP contribution in [0.3, 0.4) is 0 Å². The van der Waals surface area contributed by atoms with Gasteiger partial charge >= 0.3 is 0 Å². The van der Waals surface area contributed by atoms with Gasteiger partial charge in [0.25, 0.3) is 0 Å². The molecule has 1 aliphatic carbocycles. The third kappa shape index (κ3) is 3.76. The summed E-state index contributed by atoms with van der Waals surface area (Å²) in [4.78, 5) is 0. The minimum Gasteiger partial charge on any atom is -0.493 e. The Hall–Kier alpha value is -2.21. The van der Waals surface area contributed by atoms with Crippen LogP contribution in [0, 0.1) is 0 Å². The van der Waals surface area contributed by atoms with E-state index >= 15 is 0 Å². The molecule has 1 atom stereocenters. The van der Waals surface area contributed by atoms with Gasteiger partial charge in [-0.25, -0.2) is 0 Å². The van der Waals surface area contributed by atoms with Crippen molar-refractivity contribution in [3.63, 3.8) is 0 Å². The quantitative estimate of drug-likeness (QED) is 0.769. The molecule has 0 saturated carbocycles. The molecule has 1 unspecified atom stereocenters. The summed E-state index contributed by atoms with van der Waals surface area (Å²) in [5.74, 6) is 2.50. The summed E-state index contributed by atoms with van der Waals surface area (Å²) in [6.45, 7) is 3.60. The van der Waals surface area contributed by atoms with Crippen LogP contribution in [0.25, 0.3) is 0 Å². The zero-order valence-electron chi connectivity index (χ0n) is 16.9. The summed E-state index contributed by atoms with van der Waals surface area (Å²) >= 11 is 0. The first-order valence-electron chi connectivity index (χ1n) is 9.74. The SMILES string of the molecule is CCc1nn(Cc2cc(OC)c(OC)c(OC)c2)c2c1C(CCN)CCC2. The monoisotopic (exact) mass is 373 g/mol. The molecule has 1 aromatic carbocycles. The molecule has 1 heterocycles. The molecule has 0 aliphatic heterocycles. The Morgan fingerprint density at radius 3 is 2.41 bits per heavy atom. The highest BCUT2D eigenvalue weighted by atomic mass is 16.5. The van der Waals surface area contributed by atoms with Gasteiger partial charge in [0.1, 0.15) is 0 Å². The van der Waals surface area contributed by atoms with Crippen LogP contribution < -0.4 is 19.9 Å². The van der Waals surface area contributed by atoms with E-state index in [1.54, 1.807) is 21.3 Å². The number of aryl methyl sites for hydroxylation is 1. The van der Waals surface area contributed by atoms with Gasteiger partial charge < -0.3 is 19.9 Å². The highest BCUT2D eigenvalue weighted by molar-refractivity contribution is 5.54. The molecular weight excluding hydrogens is 342 g/mol. The van der Waals surface area contributed by atoms with Crippen molar-refractivity contribution >= 4 is 0 Å². The Labute approximate surface area is 161 Å². The van der Waals surface area contributed by atoms with E-state index in [1.807, 2.05) is 12.1 Å². The highest BCUT2D eigenvalue weighted by Crippen LogP contribution is 2.40. The van der Waals surface area contributed by atoms with Gasteiger partial charge in [0.2, 0.25) is 5.75 Å². The van der Waals surface area contributed by atoms with Gasteiger partial charge in [-0.15, -0.1) is 0 Å². The zero-order chi connectivity index (χ0) is 19.4. The Kier molecular flexibility index (Phi) is 6.26. The molecular formula is C21H31N3O3. The van der Waals surface area contributed by atoms with Crippen LogP contribution in [0.2, 0.25) is 0 Å². The minimum atomic E-state index is 0.544. The predicted octanol–water partition coefficient (Wildman–Crippen LogP) is 3.29. The second-order valence-electron chi connectivity index (χ2n) is 7.02. The number of hydrogen-bond donors (Lipinski definition) is 1. The van der Waals surface area contributed by atoms with Gasteiger partial charge in [-0.2, -0.15) is 5.10 Å². The first-order valence-corrected chi connectivity index (χ1v) is 9.74. The lowest BCUT2D eigenvalue weighted by Gasteiger charge is -2.24. The standard InChI is InChI=1S/C21H31N3O3/c1-5-16-20-15(9-10-22)7-6-8-17(20)24(23-16)13-14-11-18(25-2)21(27-4)19(12-14)26-3/h11-12,15H,5-10,13,22H2,1-4H3. The average Bonchev–Trinajstić information content (AvgIpc) is 3.06. The third-order valence-electron chi connectivity index (χ3n) is 5.46. The number of hydrogen-bond acceptors (Lipinski definition) is 5. The molecule has 0 saturated heterocycles. The molecule has 1 aromatic heterocycles. The molecule has 6 nitrogen and oxygen atoms in total. The zero-order valence-corrected chi connectivity index (χ0v) is 16.9. The first-order chi connectivity index (χ1) is 13.2. The van der Waals surface area contributed by atoms with E-state index in [2.05, 4.69) is 11.6 Å². The topological polar surface area (TPSA) is 71.5 Å². The van der Waals surface area contributed by atoms with Gasteiger partial charge in [-0.3, -0.25) is 4.68 Å². The van der Waals surface area contributed by atoms with Gasteiger partial charge in [0, 0.05) is 5.69 Å². The van der Waals surface area contributed by atoms with Crippen molar-refractivity contribution in [2.75, 3.05) is 27.9 Å². The molecule has 2 N–H and O–H groups in total. The van der Waals surface area contributed by atoms with Crippen LogP contribution in [-0.2, 0) is 19.4 Å². The number of rotatable bonds is 8. The van der Waals surface area contributed by atoms with Crippen molar-refractivity contribution in [2.24, 2.45) is 5.73 Å². The Balaban J connectivity index is 1.99. The van der Waals surface area contributed by atoms with Crippen molar-refractivity contribution in [3.05, 3.63) is 34.6 Å². The van der Waals surface area contributed by atoms with E-state index in [9.17, 15) is 0 Å². The summed E-state index contributed by atoms with van der Waals surface area (Å²) in [5, 5.41) is 4.95. The van der Waals surface area contributed by atoms with Crippen molar-refractivity contribution in [2.45, 2.75) is 51.5 Å². The molecule has 1 aliphatic rings. The molecule has 0 radical (unpaired) electrons. The molecule has 148 valence electrons. The summed E-state index contributed by atoms with van der Waals surface area (Å²) in [6.07, 6.45) is 5.48. The largest absolute Gasteiger partial charge is 0.493 e. The van der Waals surface area contributed by atoms with E-state index in [0.29, 0.717) is 29.7 Å². The van der Waals surface area contributed by atoms with Gasteiger partial charge in [0.15, 0.2) is 11.5 Å². The molecule has 0 amide bonds. The minimum absolute atomic E-state index is 0.544. The maximum Gasteiger partial charge on any atom is 0.203 e. The third-order valence-corrected chi connectivity index (χ3v) is 5.46. The van der Waals surface area contributed by atoms with Crippen LogP contribution in [0.4, 0.5) is 0 Å². The molecule has 0 spiro atoms. The Morgan fingerprint density at radius 2 is 1.85 bits per heavy atom. The van der Waals surface area contributed by atoms with E-state index in [-0.39, 0.29) is 0 Å². The summed E-state index contributed by atoms with van der Waals surface area (Å²) < 4.78 is 18.6. The predicted molar refractivity (Wildman–Crippen MR) is 106 cm³/mol. The number of ether oxygens (including phenoxy) is 3. The van der Waals surface area contributed by atoms with Gasteiger partial charge in [0.05, 0.1) is 33.6 Å². The Bertz CT molecular complexity index is 760. The second-order valence-corrected chi connectivity index (χ2v) is 7.02. The van der Waals surface area contributed by atoms with Crippen molar-refractivity contribution in [3.8, 4) is 17.2 Å². The fraction of sp³-hybridized carbons (Fsp3) is 0.571. The molecule has 3 rings (SSSR count). The van der Waals surface area contributed by atoms with Crippen molar-refractivity contribution < 1.29 is 14.2 Å². The first kappa shape index (κ1) is 19.5. The van der Waals surface area contributed by atoms with Crippen LogP contribution in [0.15, 0.2) is 12.1 Å². The second kappa shape index (κ2) is 8.65. The summed E-state index contributed by atoms with van der Waals surface area (Å²) in [6, 6.07) is 4.00. The van der Waals surface area contributed by atoms with Gasteiger partial charge in [-0.1, -0.05) is 6.92 Å². The molecule has 27 heavy (non-hydrogen) atoms. The summed E-state index contributed by atoms with van der Waals surface area (Å²) in [7, 11) is 4.90. The highest BCUT2D eigenvalue weighted by Gasteiger charge is 2.27. The number of aromatic nitrogens is 2. The van der Waals surface area contributed by atoms with Crippen LogP contribution in [0.1, 0.15) is 54.6 Å². The fourth-order valence-electron chi connectivity index (χ4n) is 4.24. The lowest BCUT2D eigenvalue weighted by molar-refractivity contribution is 0.323. The summed E-state index contributed by atoms with van der Waals surface area (Å²) in [5.41, 5.74) is 11.0. The van der Waals surface area contributed by atoms with Crippen LogP contribution in [-0.4, -0.2) is 37.7 Å². The number of nitrogens with two attached hydrogens (primary N) is 1. The molecule has 2 aromatic rings. The lowest BCUT2D eigenvalue weighted by atomic mass is 9.82. The average molecular weight is 373 g/mol. The Morgan fingerprint density at radius 1 is 1.15 bits per heavy atom. The van der Waals surface area contributed by atoms with Crippen LogP contribution in [0.5, 0.6) is 17.2 Å². The number of benzene rings is 1. The maximum absolute atomic E-state index is 5.86.